The number of methoxy groups -OCH3 is 1. The van der Waals surface area contributed by atoms with Gasteiger partial charge >= 0.3 is 5.97 Å². The van der Waals surface area contributed by atoms with E-state index in [4.69, 9.17) is 0 Å². The molecule has 0 radical (unpaired) electrons. The molecule has 0 aliphatic rings. The minimum atomic E-state index is -3.65. The Balaban J connectivity index is 2.79. The molecule has 1 aromatic rings. The zero-order chi connectivity index (χ0) is 16.0. The van der Waals surface area contributed by atoms with Crippen LogP contribution < -0.4 is 0 Å². The number of rotatable bonds is 7. The summed E-state index contributed by atoms with van der Waals surface area (Å²) >= 11 is 0. The Labute approximate surface area is 125 Å². The number of carbonyl (C=O) groups is 1. The van der Waals surface area contributed by atoms with Gasteiger partial charge in [0.1, 0.15) is 0 Å². The maximum Gasteiger partial charge on any atom is 0.306 e. The molecule has 118 valence electrons. The highest BCUT2D eigenvalue weighted by atomic mass is 32.2. The lowest BCUT2D eigenvalue weighted by Gasteiger charge is -2.29. The van der Waals surface area contributed by atoms with Crippen molar-refractivity contribution in [1.29, 1.82) is 0 Å². The Morgan fingerprint density at radius 3 is 2.43 bits per heavy atom. The first-order chi connectivity index (χ1) is 9.80. The number of pyridine rings is 1. The normalized spacial score (nSPS) is 13.4. The molecule has 1 unspecified atom stereocenters. The van der Waals surface area contributed by atoms with Gasteiger partial charge in [-0.25, -0.2) is 0 Å². The van der Waals surface area contributed by atoms with E-state index in [0.717, 1.165) is 9.87 Å². The summed E-state index contributed by atoms with van der Waals surface area (Å²) in [7, 11) is 0.568. The fraction of sp³-hybridized carbons (Fsp3) is 0.538. The number of hydrogen-bond acceptors (Lipinski definition) is 5. The van der Waals surface area contributed by atoms with Crippen molar-refractivity contribution in [2.75, 3.05) is 27.7 Å². The van der Waals surface area contributed by atoms with E-state index in [1.165, 1.54) is 25.5 Å². The Bertz CT molecular complexity index is 562. The van der Waals surface area contributed by atoms with E-state index in [-0.39, 0.29) is 19.0 Å². The van der Waals surface area contributed by atoms with Crippen molar-refractivity contribution in [3.8, 4) is 0 Å². The van der Waals surface area contributed by atoms with E-state index in [0.29, 0.717) is 0 Å². The predicted octanol–water partition coefficient (Wildman–Crippen LogP) is 0.814. The van der Waals surface area contributed by atoms with Gasteiger partial charge in [0.2, 0.25) is 0 Å². The summed E-state index contributed by atoms with van der Waals surface area (Å²) in [6.07, 6.45) is 3.25. The number of carbonyl (C=O) groups excluding carboxylic acids is 1. The lowest BCUT2D eigenvalue weighted by Crippen LogP contribution is -2.41. The van der Waals surface area contributed by atoms with Crippen LogP contribution in [-0.4, -0.2) is 55.7 Å². The first-order valence-corrected chi connectivity index (χ1v) is 7.86. The Morgan fingerprint density at radius 1 is 1.33 bits per heavy atom. The highest BCUT2D eigenvalue weighted by Gasteiger charge is 2.28. The van der Waals surface area contributed by atoms with Crippen LogP contribution in [0.1, 0.15) is 24.9 Å². The zero-order valence-corrected chi connectivity index (χ0v) is 13.5. The van der Waals surface area contributed by atoms with Gasteiger partial charge in [-0.15, -0.1) is 0 Å². The summed E-state index contributed by atoms with van der Waals surface area (Å²) in [5.41, 5.74) is 0.845. The second kappa shape index (κ2) is 7.48. The number of hydrogen-bond donors (Lipinski definition) is 0. The fourth-order valence-corrected chi connectivity index (χ4v) is 3.02. The SMILES string of the molecule is COC(=O)CCN(C)S(=O)(=O)N(C)C(C)c1ccncc1. The molecule has 0 saturated heterocycles. The lowest BCUT2D eigenvalue weighted by atomic mass is 10.1. The van der Waals surface area contributed by atoms with Crippen LogP contribution in [0.5, 0.6) is 0 Å². The Hall–Kier alpha value is -1.51. The maximum absolute atomic E-state index is 12.4. The molecule has 0 spiro atoms. The van der Waals surface area contributed by atoms with E-state index >= 15 is 0 Å². The topological polar surface area (TPSA) is 79.8 Å². The van der Waals surface area contributed by atoms with E-state index < -0.39 is 16.2 Å². The van der Waals surface area contributed by atoms with Gasteiger partial charge in [0.15, 0.2) is 0 Å². The summed E-state index contributed by atoms with van der Waals surface area (Å²) in [5.74, 6) is -0.443. The first-order valence-electron chi connectivity index (χ1n) is 6.46. The van der Waals surface area contributed by atoms with E-state index in [2.05, 4.69) is 9.72 Å². The quantitative estimate of drug-likeness (QED) is 0.696. The fourth-order valence-electron chi connectivity index (χ4n) is 1.74. The van der Waals surface area contributed by atoms with Crippen LogP contribution >= 0.6 is 0 Å². The maximum atomic E-state index is 12.4. The molecular formula is C13H21N3O4S. The van der Waals surface area contributed by atoms with Crippen LogP contribution in [0.15, 0.2) is 24.5 Å². The number of nitrogens with zero attached hydrogens (tertiary/aromatic N) is 3. The predicted molar refractivity (Wildman–Crippen MR) is 78.6 cm³/mol. The summed E-state index contributed by atoms with van der Waals surface area (Å²) < 4.78 is 31.8. The third-order valence-corrected chi connectivity index (χ3v) is 5.36. The van der Waals surface area contributed by atoms with E-state index in [9.17, 15) is 13.2 Å². The molecule has 0 amide bonds. The van der Waals surface area contributed by atoms with Crippen LogP contribution in [0.4, 0.5) is 0 Å². The molecule has 1 heterocycles. The molecule has 1 aromatic heterocycles. The van der Waals surface area contributed by atoms with Gasteiger partial charge in [-0.3, -0.25) is 9.78 Å². The molecular weight excluding hydrogens is 294 g/mol. The van der Waals surface area contributed by atoms with Gasteiger partial charge in [0.05, 0.1) is 13.5 Å². The summed E-state index contributed by atoms with van der Waals surface area (Å²) in [6.45, 7) is 1.86. The van der Waals surface area contributed by atoms with Crippen molar-refractivity contribution in [2.24, 2.45) is 0 Å². The van der Waals surface area contributed by atoms with Crippen molar-refractivity contribution in [1.82, 2.24) is 13.6 Å². The number of esters is 1. The van der Waals surface area contributed by atoms with E-state index in [1.807, 2.05) is 0 Å². The van der Waals surface area contributed by atoms with Gasteiger partial charge in [-0.05, 0) is 24.6 Å². The molecule has 1 rings (SSSR count). The molecule has 0 bridgehead atoms. The highest BCUT2D eigenvalue weighted by Crippen LogP contribution is 2.22. The molecule has 1 atom stereocenters. The molecule has 21 heavy (non-hydrogen) atoms. The second-order valence-corrected chi connectivity index (χ2v) is 6.72. The van der Waals surface area contributed by atoms with Crippen molar-refractivity contribution in [3.05, 3.63) is 30.1 Å². The molecule has 0 N–H and O–H groups in total. The van der Waals surface area contributed by atoms with Crippen molar-refractivity contribution < 1.29 is 17.9 Å². The number of aromatic nitrogens is 1. The molecule has 0 fully saturated rings. The third-order valence-electron chi connectivity index (χ3n) is 3.35. The average Bonchev–Trinajstić information content (AvgIpc) is 2.51. The average molecular weight is 315 g/mol. The Kier molecular flexibility index (Phi) is 6.25. The summed E-state index contributed by atoms with van der Waals surface area (Å²) in [5, 5.41) is 0. The van der Waals surface area contributed by atoms with Crippen molar-refractivity contribution in [2.45, 2.75) is 19.4 Å². The molecule has 0 aliphatic carbocycles. The van der Waals surface area contributed by atoms with Crippen molar-refractivity contribution in [3.63, 3.8) is 0 Å². The monoisotopic (exact) mass is 315 g/mol. The minimum absolute atomic E-state index is 0.0176. The van der Waals surface area contributed by atoms with Gasteiger partial charge in [-0.2, -0.15) is 17.0 Å². The van der Waals surface area contributed by atoms with Gasteiger partial charge in [0.25, 0.3) is 10.2 Å². The van der Waals surface area contributed by atoms with Gasteiger partial charge < -0.3 is 4.74 Å². The highest BCUT2D eigenvalue weighted by molar-refractivity contribution is 7.86. The van der Waals surface area contributed by atoms with Gasteiger partial charge in [0, 0.05) is 39.1 Å². The standard InChI is InChI=1S/C13H21N3O4S/c1-11(12-5-8-14-9-6-12)16(3)21(18,19)15(2)10-7-13(17)20-4/h5-6,8-9,11H,7,10H2,1-4H3. The van der Waals surface area contributed by atoms with Crippen LogP contribution in [0.25, 0.3) is 0 Å². The van der Waals surface area contributed by atoms with Crippen LogP contribution in [0.2, 0.25) is 0 Å². The molecule has 7 nitrogen and oxygen atoms in total. The molecule has 8 heteroatoms. The third kappa shape index (κ3) is 4.48. The molecule has 0 aliphatic heterocycles. The largest absolute Gasteiger partial charge is 0.469 e. The Morgan fingerprint density at radius 2 is 1.90 bits per heavy atom. The van der Waals surface area contributed by atoms with Crippen LogP contribution in [-0.2, 0) is 19.7 Å². The zero-order valence-electron chi connectivity index (χ0n) is 12.7. The molecule has 0 aromatic carbocycles. The lowest BCUT2D eigenvalue weighted by molar-refractivity contribution is -0.140. The second-order valence-electron chi connectivity index (χ2n) is 4.63. The molecule has 0 saturated carbocycles. The smallest absolute Gasteiger partial charge is 0.306 e. The van der Waals surface area contributed by atoms with Crippen molar-refractivity contribution >= 4 is 16.2 Å². The van der Waals surface area contributed by atoms with Crippen LogP contribution in [0.3, 0.4) is 0 Å². The first kappa shape index (κ1) is 17.5. The summed E-state index contributed by atoms with van der Waals surface area (Å²) in [6, 6.07) is 3.20. The minimum Gasteiger partial charge on any atom is -0.469 e. The van der Waals surface area contributed by atoms with E-state index in [1.54, 1.807) is 31.5 Å². The van der Waals surface area contributed by atoms with Gasteiger partial charge in [-0.1, -0.05) is 0 Å². The van der Waals surface area contributed by atoms with Crippen LogP contribution in [0, 0.1) is 0 Å². The number of ether oxygens (including phenoxy) is 1. The summed E-state index contributed by atoms with van der Waals surface area (Å²) in [4.78, 5) is 15.0.